The van der Waals surface area contributed by atoms with Crippen LogP contribution < -0.4 is 4.90 Å². The Labute approximate surface area is 296 Å². The maximum absolute atomic E-state index is 2.45. The fourth-order valence-electron chi connectivity index (χ4n) is 7.94. The monoisotopic (exact) mass is 651 g/mol. The first-order chi connectivity index (χ1) is 25.3. The summed E-state index contributed by atoms with van der Waals surface area (Å²) in [5.74, 6) is 0. The quantitative estimate of drug-likeness (QED) is 0.174. The molecule has 0 saturated heterocycles. The minimum atomic E-state index is 1.11. The van der Waals surface area contributed by atoms with Crippen LogP contribution in [0.2, 0.25) is 0 Å². The molecule has 240 valence electrons. The van der Waals surface area contributed by atoms with Crippen molar-refractivity contribution in [3.63, 3.8) is 0 Å². The zero-order valence-corrected chi connectivity index (χ0v) is 27.9. The van der Waals surface area contributed by atoms with Crippen LogP contribution >= 0.6 is 0 Å². The van der Waals surface area contributed by atoms with E-state index in [4.69, 9.17) is 0 Å². The van der Waals surface area contributed by atoms with Crippen LogP contribution in [-0.4, -0.2) is 9.13 Å². The zero-order valence-electron chi connectivity index (χ0n) is 27.9. The lowest BCUT2D eigenvalue weighted by atomic mass is 9.98. The predicted octanol–water partition coefficient (Wildman–Crippen LogP) is 13.0. The van der Waals surface area contributed by atoms with Crippen LogP contribution in [0.25, 0.3) is 66.1 Å². The standard InChI is InChI=1S/C48H33N3/c1-4-17-35(18-5-1)49(36-19-6-2-7-20-36)44-28-14-15-29-45(44)51-42-26-12-10-23-39(42)40-32-31-34(33-47(40)51)38-25-16-30-46-48(38)41-24-11-13-27-43(41)50(46)37-21-8-3-9-22-37/h1-33H. The Morgan fingerprint density at radius 3 is 1.63 bits per heavy atom. The number of fused-ring (bicyclic) bond motifs is 6. The molecule has 0 fully saturated rings. The average molecular weight is 652 g/mol. The summed E-state index contributed by atoms with van der Waals surface area (Å²) in [5, 5.41) is 4.98. The van der Waals surface area contributed by atoms with Gasteiger partial charge >= 0.3 is 0 Å². The minimum Gasteiger partial charge on any atom is -0.309 e. The van der Waals surface area contributed by atoms with Crippen LogP contribution in [0.3, 0.4) is 0 Å². The minimum absolute atomic E-state index is 1.11. The summed E-state index contributed by atoms with van der Waals surface area (Å²) in [6, 6.07) is 72.0. The molecular formula is C48H33N3. The van der Waals surface area contributed by atoms with Crippen LogP contribution in [-0.2, 0) is 0 Å². The SMILES string of the molecule is c1ccc(N(c2ccccc2)c2ccccc2-n2c3ccccc3c3ccc(-c4cccc5c4c4ccccc4n5-c4ccccc4)cc32)cc1. The van der Waals surface area contributed by atoms with E-state index < -0.39 is 0 Å². The Morgan fingerprint density at radius 2 is 0.902 bits per heavy atom. The van der Waals surface area contributed by atoms with Gasteiger partial charge in [-0.3, -0.25) is 0 Å². The number of aromatic nitrogens is 2. The Balaban J connectivity index is 1.25. The molecule has 2 heterocycles. The lowest BCUT2D eigenvalue weighted by Gasteiger charge is -2.28. The van der Waals surface area contributed by atoms with Crippen molar-refractivity contribution in [2.75, 3.05) is 4.90 Å². The van der Waals surface area contributed by atoms with E-state index >= 15 is 0 Å². The van der Waals surface area contributed by atoms with E-state index in [9.17, 15) is 0 Å². The maximum Gasteiger partial charge on any atom is 0.0702 e. The number of nitrogens with zero attached hydrogens (tertiary/aromatic N) is 3. The van der Waals surface area contributed by atoms with Crippen molar-refractivity contribution in [2.24, 2.45) is 0 Å². The second-order valence-corrected chi connectivity index (χ2v) is 13.0. The van der Waals surface area contributed by atoms with E-state index in [2.05, 4.69) is 214 Å². The van der Waals surface area contributed by atoms with E-state index in [1.165, 1.54) is 54.7 Å². The lowest BCUT2D eigenvalue weighted by molar-refractivity contribution is 1.15. The first kappa shape index (κ1) is 29.1. The second kappa shape index (κ2) is 11.9. The van der Waals surface area contributed by atoms with E-state index in [0.29, 0.717) is 0 Å². The van der Waals surface area contributed by atoms with Gasteiger partial charge in [-0.1, -0.05) is 127 Å². The van der Waals surface area contributed by atoms with Gasteiger partial charge in [-0.2, -0.15) is 0 Å². The highest BCUT2D eigenvalue weighted by molar-refractivity contribution is 6.17. The molecule has 0 amide bonds. The molecule has 10 aromatic rings. The first-order valence-corrected chi connectivity index (χ1v) is 17.5. The molecule has 10 rings (SSSR count). The van der Waals surface area contributed by atoms with Gasteiger partial charge in [0, 0.05) is 38.6 Å². The number of benzene rings is 8. The maximum atomic E-state index is 2.45. The fraction of sp³-hybridized carbons (Fsp3) is 0. The number of rotatable bonds is 6. The normalized spacial score (nSPS) is 11.5. The molecule has 51 heavy (non-hydrogen) atoms. The van der Waals surface area contributed by atoms with Crippen molar-refractivity contribution in [1.29, 1.82) is 0 Å². The van der Waals surface area contributed by atoms with E-state index in [0.717, 1.165) is 28.4 Å². The topological polar surface area (TPSA) is 13.1 Å². The van der Waals surface area contributed by atoms with E-state index in [1.807, 2.05) is 0 Å². The highest BCUT2D eigenvalue weighted by Gasteiger charge is 2.21. The van der Waals surface area contributed by atoms with Crippen molar-refractivity contribution in [3.05, 3.63) is 200 Å². The summed E-state index contributed by atoms with van der Waals surface area (Å²) in [6.45, 7) is 0. The summed E-state index contributed by atoms with van der Waals surface area (Å²) in [4.78, 5) is 2.36. The third-order valence-electron chi connectivity index (χ3n) is 10.1. The Bertz CT molecular complexity index is 2810. The summed E-state index contributed by atoms with van der Waals surface area (Å²) < 4.78 is 4.84. The van der Waals surface area contributed by atoms with Gasteiger partial charge in [0.1, 0.15) is 0 Å². The Morgan fingerprint density at radius 1 is 0.353 bits per heavy atom. The van der Waals surface area contributed by atoms with Crippen LogP contribution in [0.5, 0.6) is 0 Å². The van der Waals surface area contributed by atoms with Gasteiger partial charge in [0.05, 0.1) is 33.4 Å². The van der Waals surface area contributed by atoms with Crippen LogP contribution in [0.4, 0.5) is 17.1 Å². The molecule has 0 aliphatic heterocycles. The summed E-state index contributed by atoms with van der Waals surface area (Å²) in [5.41, 5.74) is 12.8. The molecule has 3 heteroatoms. The Kier molecular flexibility index (Phi) is 6.81. The molecule has 2 aromatic heterocycles. The molecule has 0 unspecified atom stereocenters. The molecule has 0 atom stereocenters. The second-order valence-electron chi connectivity index (χ2n) is 13.0. The number of hydrogen-bond acceptors (Lipinski definition) is 1. The summed E-state index contributed by atoms with van der Waals surface area (Å²) in [6.07, 6.45) is 0. The van der Waals surface area contributed by atoms with Crippen molar-refractivity contribution in [3.8, 4) is 22.5 Å². The highest BCUT2D eigenvalue weighted by Crippen LogP contribution is 2.44. The highest BCUT2D eigenvalue weighted by atomic mass is 15.2. The van der Waals surface area contributed by atoms with Crippen molar-refractivity contribution >= 4 is 60.7 Å². The molecule has 0 bridgehead atoms. The van der Waals surface area contributed by atoms with Gasteiger partial charge in [0.25, 0.3) is 0 Å². The molecule has 8 aromatic carbocycles. The number of para-hydroxylation sites is 7. The molecule has 0 saturated carbocycles. The third-order valence-corrected chi connectivity index (χ3v) is 10.1. The molecule has 0 aliphatic rings. The lowest BCUT2D eigenvalue weighted by Crippen LogP contribution is -2.12. The first-order valence-electron chi connectivity index (χ1n) is 17.5. The molecule has 0 spiro atoms. The van der Waals surface area contributed by atoms with E-state index in [1.54, 1.807) is 0 Å². The molecule has 0 aliphatic carbocycles. The van der Waals surface area contributed by atoms with Gasteiger partial charge in [-0.25, -0.2) is 0 Å². The molecule has 0 radical (unpaired) electrons. The zero-order chi connectivity index (χ0) is 33.7. The summed E-state index contributed by atoms with van der Waals surface area (Å²) in [7, 11) is 0. The van der Waals surface area contributed by atoms with Crippen molar-refractivity contribution in [2.45, 2.75) is 0 Å². The van der Waals surface area contributed by atoms with Crippen LogP contribution in [0.15, 0.2) is 200 Å². The van der Waals surface area contributed by atoms with Gasteiger partial charge < -0.3 is 14.0 Å². The van der Waals surface area contributed by atoms with Crippen LogP contribution in [0, 0.1) is 0 Å². The van der Waals surface area contributed by atoms with Crippen molar-refractivity contribution < 1.29 is 0 Å². The Hall–Kier alpha value is -6.84. The van der Waals surface area contributed by atoms with Gasteiger partial charge in [0.15, 0.2) is 0 Å². The number of hydrogen-bond donors (Lipinski definition) is 0. The summed E-state index contributed by atoms with van der Waals surface area (Å²) >= 11 is 0. The molecule has 3 nitrogen and oxygen atoms in total. The fourth-order valence-corrected chi connectivity index (χ4v) is 7.94. The number of anilines is 3. The van der Waals surface area contributed by atoms with Crippen LogP contribution in [0.1, 0.15) is 0 Å². The van der Waals surface area contributed by atoms with Gasteiger partial charge in [0.2, 0.25) is 0 Å². The van der Waals surface area contributed by atoms with E-state index in [-0.39, 0.29) is 0 Å². The van der Waals surface area contributed by atoms with Crippen molar-refractivity contribution in [1.82, 2.24) is 9.13 Å². The predicted molar refractivity (Wildman–Crippen MR) is 215 cm³/mol. The van der Waals surface area contributed by atoms with Gasteiger partial charge in [-0.05, 0) is 83.9 Å². The van der Waals surface area contributed by atoms with Gasteiger partial charge in [-0.15, -0.1) is 0 Å². The molecule has 0 N–H and O–H groups in total. The molecular weight excluding hydrogens is 619 g/mol. The average Bonchev–Trinajstić information content (AvgIpc) is 3.72. The largest absolute Gasteiger partial charge is 0.309 e. The smallest absolute Gasteiger partial charge is 0.0702 e. The third kappa shape index (κ3) is 4.67.